The standard InChI is InChI=1S/C43H64O17/c1-10-11-35(47)58-34-22-31-19-28(46)20-38(50)57-33(24(2)44)21-30-17-27(18-37(49)54-9)39(55-25(3)45)43(52,60-30)40(4,5)13-12-29-14-26(16-36(48)53-8)15-32(56-29)23-42(51,59-31)41(34,6)7/h12-13,16,18,24,28-34,39,44,46,51-52H,10-11,14-15,17,19-23H2,1-9H3/b13-12+,26-16-,27-18+/t24-,28-,29+,30+,31-,32+,33-,34+,39+,42+,43-/m1/s1. The second-order valence-corrected chi connectivity index (χ2v) is 17.5. The van der Waals surface area contributed by atoms with Crippen molar-refractivity contribution in [2.24, 2.45) is 10.8 Å². The van der Waals surface area contributed by atoms with Crippen molar-refractivity contribution in [1.82, 2.24) is 0 Å². The molecule has 0 saturated carbocycles. The molecule has 0 unspecified atom stereocenters. The zero-order valence-corrected chi connectivity index (χ0v) is 36.2. The van der Waals surface area contributed by atoms with Crippen LogP contribution < -0.4 is 0 Å². The summed E-state index contributed by atoms with van der Waals surface area (Å²) in [5.74, 6) is -8.02. The van der Waals surface area contributed by atoms with Gasteiger partial charge in [0.1, 0.15) is 12.2 Å². The van der Waals surface area contributed by atoms with Gasteiger partial charge in [0.2, 0.25) is 5.79 Å². The lowest BCUT2D eigenvalue weighted by Crippen LogP contribution is -2.62. The molecule has 0 aromatic heterocycles. The van der Waals surface area contributed by atoms with Crippen molar-refractivity contribution in [3.63, 3.8) is 0 Å². The second-order valence-electron chi connectivity index (χ2n) is 17.5. The number of hydrogen-bond donors (Lipinski definition) is 4. The second kappa shape index (κ2) is 20.0. The van der Waals surface area contributed by atoms with Gasteiger partial charge in [0, 0.05) is 56.6 Å². The lowest BCUT2D eigenvalue weighted by molar-refractivity contribution is -0.348. The van der Waals surface area contributed by atoms with Gasteiger partial charge in [0.05, 0.1) is 62.7 Å². The van der Waals surface area contributed by atoms with Gasteiger partial charge in [-0.15, -0.1) is 0 Å². The third-order valence-corrected chi connectivity index (χ3v) is 11.9. The average molecular weight is 853 g/mol. The monoisotopic (exact) mass is 852 g/mol. The average Bonchev–Trinajstić information content (AvgIpc) is 3.13. The molecular formula is C43H64O17. The van der Waals surface area contributed by atoms with Crippen LogP contribution in [0.5, 0.6) is 0 Å². The van der Waals surface area contributed by atoms with Gasteiger partial charge in [-0.05, 0) is 38.2 Å². The van der Waals surface area contributed by atoms with Gasteiger partial charge >= 0.3 is 29.8 Å². The molecule has 0 aromatic carbocycles. The van der Waals surface area contributed by atoms with Crippen molar-refractivity contribution >= 4 is 29.8 Å². The Morgan fingerprint density at radius 3 is 2.18 bits per heavy atom. The molecule has 17 nitrogen and oxygen atoms in total. The number of fused-ring (bicyclic) bond motifs is 6. The minimum absolute atomic E-state index is 0.0876. The summed E-state index contributed by atoms with van der Waals surface area (Å²) in [7, 11) is 2.40. The largest absolute Gasteiger partial charge is 0.466 e. The summed E-state index contributed by atoms with van der Waals surface area (Å²) in [5, 5.41) is 47.2. The molecule has 0 spiro atoms. The van der Waals surface area contributed by atoms with Crippen LogP contribution in [-0.4, -0.2) is 131 Å². The first-order valence-electron chi connectivity index (χ1n) is 20.6. The maximum atomic E-state index is 13.4. The fourth-order valence-corrected chi connectivity index (χ4v) is 8.33. The Kier molecular flexibility index (Phi) is 16.3. The van der Waals surface area contributed by atoms with E-state index in [1.54, 1.807) is 39.8 Å². The number of aliphatic hydroxyl groups excluding tert-OH is 2. The van der Waals surface area contributed by atoms with E-state index in [0.29, 0.717) is 12.0 Å². The van der Waals surface area contributed by atoms with Crippen molar-refractivity contribution in [2.45, 2.75) is 179 Å². The molecule has 4 aliphatic heterocycles. The molecule has 4 heterocycles. The maximum absolute atomic E-state index is 13.4. The molecule has 0 amide bonds. The van der Waals surface area contributed by atoms with Gasteiger partial charge in [0.15, 0.2) is 11.9 Å². The molecule has 3 fully saturated rings. The highest BCUT2D eigenvalue weighted by molar-refractivity contribution is 5.83. The fourth-order valence-electron chi connectivity index (χ4n) is 8.33. The maximum Gasteiger partial charge on any atom is 0.330 e. The molecule has 11 atom stereocenters. The van der Waals surface area contributed by atoms with E-state index in [4.69, 9.17) is 37.9 Å². The van der Waals surface area contributed by atoms with Crippen LogP contribution in [0.4, 0.5) is 0 Å². The van der Waals surface area contributed by atoms with Gasteiger partial charge in [-0.3, -0.25) is 14.4 Å². The first-order chi connectivity index (χ1) is 27.9. The summed E-state index contributed by atoms with van der Waals surface area (Å²) >= 11 is 0. The Balaban J connectivity index is 1.88. The van der Waals surface area contributed by atoms with Crippen molar-refractivity contribution in [3.05, 3.63) is 35.5 Å². The highest BCUT2D eigenvalue weighted by Crippen LogP contribution is 2.50. The molecule has 4 N–H and O–H groups in total. The molecule has 3 saturated heterocycles. The van der Waals surface area contributed by atoms with Crippen LogP contribution in [0, 0.1) is 10.8 Å². The summed E-state index contributed by atoms with van der Waals surface area (Å²) in [6.07, 6.45) is -4.32. The number of hydrogen-bond acceptors (Lipinski definition) is 17. The van der Waals surface area contributed by atoms with E-state index < -0.39 is 114 Å². The van der Waals surface area contributed by atoms with Gasteiger partial charge < -0.3 is 58.3 Å². The molecule has 60 heavy (non-hydrogen) atoms. The van der Waals surface area contributed by atoms with Crippen molar-refractivity contribution in [3.8, 4) is 0 Å². The third-order valence-electron chi connectivity index (χ3n) is 11.9. The number of aliphatic hydroxyl groups is 4. The van der Waals surface area contributed by atoms with Crippen LogP contribution in [0.1, 0.15) is 113 Å². The van der Waals surface area contributed by atoms with E-state index in [1.165, 1.54) is 20.1 Å². The minimum atomic E-state index is -2.41. The van der Waals surface area contributed by atoms with E-state index in [9.17, 15) is 44.4 Å². The van der Waals surface area contributed by atoms with E-state index >= 15 is 0 Å². The number of carbonyl (C=O) groups is 5. The highest BCUT2D eigenvalue weighted by Gasteiger charge is 2.59. The topological polar surface area (TPSA) is 240 Å². The zero-order valence-electron chi connectivity index (χ0n) is 36.2. The summed E-state index contributed by atoms with van der Waals surface area (Å²) in [6, 6.07) is 0. The number of methoxy groups -OCH3 is 2. The predicted octanol–water partition coefficient (Wildman–Crippen LogP) is 3.17. The van der Waals surface area contributed by atoms with Crippen molar-refractivity contribution in [2.75, 3.05) is 14.2 Å². The van der Waals surface area contributed by atoms with Crippen LogP contribution >= 0.6 is 0 Å². The van der Waals surface area contributed by atoms with Crippen molar-refractivity contribution in [1.29, 1.82) is 0 Å². The van der Waals surface area contributed by atoms with E-state index in [-0.39, 0.29) is 56.9 Å². The quantitative estimate of drug-likeness (QED) is 0.124. The zero-order chi connectivity index (χ0) is 44.8. The first kappa shape index (κ1) is 49.0. The fraction of sp³-hybridized carbons (Fsp3) is 0.744. The van der Waals surface area contributed by atoms with Gasteiger partial charge in [-0.1, -0.05) is 52.3 Å². The van der Waals surface area contributed by atoms with Crippen LogP contribution in [-0.2, 0) is 61.9 Å². The summed E-state index contributed by atoms with van der Waals surface area (Å²) in [6.45, 7) is 11.0. The predicted molar refractivity (Wildman–Crippen MR) is 210 cm³/mol. The van der Waals surface area contributed by atoms with Gasteiger partial charge in [-0.25, -0.2) is 9.59 Å². The Labute approximate surface area is 351 Å². The normalized spacial score (nSPS) is 37.1. The lowest BCUT2D eigenvalue weighted by Gasteiger charge is -2.53. The van der Waals surface area contributed by atoms with Gasteiger partial charge in [0.25, 0.3) is 0 Å². The molecule has 6 bridgehead atoms. The third kappa shape index (κ3) is 11.8. The lowest BCUT2D eigenvalue weighted by atomic mass is 9.70. The van der Waals surface area contributed by atoms with Crippen LogP contribution in [0.2, 0.25) is 0 Å². The highest BCUT2D eigenvalue weighted by atomic mass is 16.7. The Hall–Kier alpha value is -3.71. The summed E-state index contributed by atoms with van der Waals surface area (Å²) in [5.41, 5.74) is -1.97. The number of ether oxygens (including phenoxy) is 8. The molecule has 4 rings (SSSR count). The molecule has 0 radical (unpaired) electrons. The number of cyclic esters (lactones) is 1. The Bertz CT molecular complexity index is 1660. The molecule has 4 aliphatic rings. The van der Waals surface area contributed by atoms with Crippen LogP contribution in [0.15, 0.2) is 35.5 Å². The number of esters is 5. The van der Waals surface area contributed by atoms with Crippen molar-refractivity contribution < 1.29 is 82.3 Å². The number of rotatable bonds is 7. The van der Waals surface area contributed by atoms with E-state index in [1.807, 2.05) is 6.92 Å². The minimum Gasteiger partial charge on any atom is -0.466 e. The number of carbonyl (C=O) groups excluding carboxylic acids is 5. The smallest absolute Gasteiger partial charge is 0.330 e. The van der Waals surface area contributed by atoms with E-state index in [2.05, 4.69) is 0 Å². The van der Waals surface area contributed by atoms with E-state index in [0.717, 1.165) is 20.1 Å². The van der Waals surface area contributed by atoms with Gasteiger partial charge in [-0.2, -0.15) is 0 Å². The molecule has 0 aromatic rings. The first-order valence-corrected chi connectivity index (χ1v) is 20.6. The Morgan fingerprint density at radius 1 is 0.900 bits per heavy atom. The molecule has 338 valence electrons. The molecule has 0 aliphatic carbocycles. The molecular weight excluding hydrogens is 788 g/mol. The summed E-state index contributed by atoms with van der Waals surface area (Å²) in [4.78, 5) is 64.0. The summed E-state index contributed by atoms with van der Waals surface area (Å²) < 4.78 is 46.4. The van der Waals surface area contributed by atoms with Crippen LogP contribution in [0.25, 0.3) is 0 Å². The Morgan fingerprint density at radius 2 is 1.57 bits per heavy atom. The SMILES string of the molecule is CCCC(=O)O[C@H]1C[C@H]2C[C@@H](O)CC(=O)O[C@@H]([C@@H](C)O)C[C@@H]3C/C(=C\C(=O)OC)[C@H](OC(C)=O)[C@@](O)(O3)C(C)(C)/C=C/[C@H]3C/C(=C/C(=O)OC)C[C@@H](C[C@](O)(O2)C1(C)C)O3. The molecule has 17 heteroatoms. The van der Waals surface area contributed by atoms with Crippen LogP contribution in [0.3, 0.4) is 0 Å².